The van der Waals surface area contributed by atoms with Crippen molar-refractivity contribution in [3.8, 4) is 23.0 Å². The van der Waals surface area contributed by atoms with Crippen molar-refractivity contribution in [1.29, 1.82) is 0 Å². The van der Waals surface area contributed by atoms with Crippen LogP contribution < -0.4 is 30.2 Å². The smallest absolute Gasteiger partial charge is 0.240 e. The maximum Gasteiger partial charge on any atom is 0.240 e. The van der Waals surface area contributed by atoms with Gasteiger partial charge in [-0.25, -0.2) is 14.4 Å². The number of hydrogen-bond acceptors (Lipinski definition) is 10. The first-order valence-corrected chi connectivity index (χ1v) is 16.5. The largest absolute Gasteiger partial charge is 0.493 e. The third-order valence-electron chi connectivity index (χ3n) is 8.85. The Kier molecular flexibility index (Phi) is 9.58. The van der Waals surface area contributed by atoms with E-state index in [1.165, 1.54) is 24.3 Å². The van der Waals surface area contributed by atoms with Crippen LogP contribution in [0.5, 0.6) is 23.0 Å². The van der Waals surface area contributed by atoms with Gasteiger partial charge < -0.3 is 34.9 Å². The van der Waals surface area contributed by atoms with E-state index in [4.69, 9.17) is 23.9 Å². The maximum atomic E-state index is 13.2. The summed E-state index contributed by atoms with van der Waals surface area (Å²) < 4.78 is 36.7. The minimum absolute atomic E-state index is 0.400. The molecule has 1 saturated heterocycles. The van der Waals surface area contributed by atoms with Crippen molar-refractivity contribution in [1.82, 2.24) is 9.88 Å². The number of morpholine rings is 1. The summed E-state index contributed by atoms with van der Waals surface area (Å²) in [6.45, 7) is 4.91. The fourth-order valence-electron chi connectivity index (χ4n) is 5.80. The van der Waals surface area contributed by atoms with E-state index in [0.29, 0.717) is 65.3 Å². The van der Waals surface area contributed by atoms with Gasteiger partial charge in [0.1, 0.15) is 22.7 Å². The molecular weight excluding hydrogens is 643 g/mol. The van der Waals surface area contributed by atoms with Gasteiger partial charge >= 0.3 is 0 Å². The number of anilines is 4. The number of ether oxygens (including phenoxy) is 4. The molecule has 7 rings (SSSR count). The zero-order valence-electron chi connectivity index (χ0n) is 27.5. The Morgan fingerprint density at radius 3 is 2.32 bits per heavy atom. The summed E-state index contributed by atoms with van der Waals surface area (Å²) in [5.74, 6) is 1.50. The SMILES string of the molecule is COc1cc2c(cc1OCCCN1CCOCC1)Nc1nccc(Oc3ccc(NC(=O)C4(C(=O)Nc5ccc(F)cc5)CC4)cc3)c1N=C2. The molecule has 0 unspecified atom stereocenters. The average molecular weight is 681 g/mol. The number of aromatic nitrogens is 1. The highest BCUT2D eigenvalue weighted by Gasteiger charge is 2.56. The number of fused-ring (bicyclic) bond motifs is 2. The molecule has 4 aromatic rings. The summed E-state index contributed by atoms with van der Waals surface area (Å²) >= 11 is 0. The molecular formula is C37H37FN6O6. The quantitative estimate of drug-likeness (QED) is 0.103. The minimum Gasteiger partial charge on any atom is -0.493 e. The van der Waals surface area contributed by atoms with Crippen molar-refractivity contribution < 1.29 is 32.9 Å². The Morgan fingerprint density at radius 2 is 1.64 bits per heavy atom. The number of aliphatic imine (C=N–C) groups is 1. The summed E-state index contributed by atoms with van der Waals surface area (Å²) in [6.07, 6.45) is 5.09. The lowest BCUT2D eigenvalue weighted by atomic mass is 10.0. The molecule has 258 valence electrons. The first-order valence-electron chi connectivity index (χ1n) is 16.5. The van der Waals surface area contributed by atoms with E-state index < -0.39 is 23.0 Å². The van der Waals surface area contributed by atoms with Crippen LogP contribution in [0.15, 0.2) is 77.9 Å². The molecule has 3 aliphatic rings. The molecule has 0 atom stereocenters. The van der Waals surface area contributed by atoms with Crippen molar-refractivity contribution in [3.05, 3.63) is 84.3 Å². The molecule has 3 heterocycles. The highest BCUT2D eigenvalue weighted by molar-refractivity contribution is 6.16. The van der Waals surface area contributed by atoms with Crippen molar-refractivity contribution in [2.45, 2.75) is 19.3 Å². The summed E-state index contributed by atoms with van der Waals surface area (Å²) in [5.41, 5.74) is 1.85. The van der Waals surface area contributed by atoms with Crippen LogP contribution in [-0.2, 0) is 14.3 Å². The van der Waals surface area contributed by atoms with Crippen molar-refractivity contribution >= 4 is 46.6 Å². The lowest BCUT2D eigenvalue weighted by Gasteiger charge is -2.26. The number of rotatable bonds is 12. The van der Waals surface area contributed by atoms with Gasteiger partial charge in [-0.3, -0.25) is 14.5 Å². The summed E-state index contributed by atoms with van der Waals surface area (Å²) in [7, 11) is 1.61. The second-order valence-corrected chi connectivity index (χ2v) is 12.3. The second-order valence-electron chi connectivity index (χ2n) is 12.3. The number of amides is 2. The molecule has 2 fully saturated rings. The Balaban J connectivity index is 0.985. The fraction of sp³-hybridized carbons (Fsp3) is 0.297. The molecule has 1 aromatic heterocycles. The zero-order valence-corrected chi connectivity index (χ0v) is 27.5. The summed E-state index contributed by atoms with van der Waals surface area (Å²) in [4.78, 5) is 37.6. The van der Waals surface area contributed by atoms with E-state index in [0.717, 1.165) is 50.5 Å². The van der Waals surface area contributed by atoms with Gasteiger partial charge in [0.05, 0.1) is 32.6 Å². The van der Waals surface area contributed by atoms with Crippen LogP contribution in [0.3, 0.4) is 0 Å². The van der Waals surface area contributed by atoms with Crippen LogP contribution in [0.4, 0.5) is 33.0 Å². The third kappa shape index (κ3) is 7.38. The number of halogens is 1. The monoisotopic (exact) mass is 680 g/mol. The van der Waals surface area contributed by atoms with Crippen molar-refractivity contribution in [3.63, 3.8) is 0 Å². The van der Waals surface area contributed by atoms with Gasteiger partial charge in [-0.1, -0.05) is 0 Å². The van der Waals surface area contributed by atoms with Gasteiger partial charge in [0.2, 0.25) is 11.8 Å². The molecule has 3 N–H and O–H groups in total. The van der Waals surface area contributed by atoms with Crippen molar-refractivity contribution in [2.24, 2.45) is 10.4 Å². The fourth-order valence-corrected chi connectivity index (χ4v) is 5.80. The number of carbonyl (C=O) groups is 2. The van der Waals surface area contributed by atoms with Gasteiger partial charge in [0.15, 0.2) is 23.1 Å². The van der Waals surface area contributed by atoms with Gasteiger partial charge in [-0.2, -0.15) is 0 Å². The molecule has 0 radical (unpaired) electrons. The lowest BCUT2D eigenvalue weighted by Crippen LogP contribution is -2.37. The van der Waals surface area contributed by atoms with E-state index in [9.17, 15) is 14.0 Å². The van der Waals surface area contributed by atoms with Gasteiger partial charge in [0.25, 0.3) is 0 Å². The van der Waals surface area contributed by atoms with Crippen molar-refractivity contribution in [2.75, 3.05) is 62.5 Å². The summed E-state index contributed by atoms with van der Waals surface area (Å²) in [5, 5.41) is 8.92. The van der Waals surface area contributed by atoms with Crippen LogP contribution in [0.2, 0.25) is 0 Å². The molecule has 2 aliphatic heterocycles. The lowest BCUT2D eigenvalue weighted by molar-refractivity contribution is -0.131. The predicted octanol–water partition coefficient (Wildman–Crippen LogP) is 6.29. The maximum absolute atomic E-state index is 13.2. The van der Waals surface area contributed by atoms with E-state index in [1.54, 1.807) is 49.9 Å². The van der Waals surface area contributed by atoms with Crippen LogP contribution in [0.25, 0.3) is 0 Å². The molecule has 1 saturated carbocycles. The highest BCUT2D eigenvalue weighted by atomic mass is 19.1. The standard InChI is InChI=1S/C37H37FN6O6/c1-47-31-21-24-23-40-33-30(11-14-39-34(33)43-29(24)22-32(31)49-18-2-15-44-16-19-48-20-17-44)50-28-9-7-27(8-10-28)42-36(46)37(12-13-37)35(45)41-26-5-3-25(38)4-6-26/h3-11,14,21-23H,2,12-13,15-20H2,1H3,(H,39,43)(H,41,45)(H,42,46). The molecule has 0 spiro atoms. The molecule has 2 amide bonds. The molecule has 3 aromatic carbocycles. The minimum atomic E-state index is -1.17. The second kappa shape index (κ2) is 14.5. The van der Waals surface area contributed by atoms with Crippen LogP contribution >= 0.6 is 0 Å². The first kappa shape index (κ1) is 33.0. The van der Waals surface area contributed by atoms with Gasteiger partial charge in [-0.05, 0) is 73.9 Å². The van der Waals surface area contributed by atoms with E-state index in [1.807, 2.05) is 12.1 Å². The van der Waals surface area contributed by atoms with E-state index in [2.05, 4.69) is 25.8 Å². The van der Waals surface area contributed by atoms with E-state index >= 15 is 0 Å². The Bertz CT molecular complexity index is 1890. The number of benzene rings is 3. The average Bonchev–Trinajstić information content (AvgIpc) is 3.97. The number of nitrogens with one attached hydrogen (secondary N) is 3. The van der Waals surface area contributed by atoms with Crippen LogP contribution in [-0.4, -0.2) is 74.5 Å². The van der Waals surface area contributed by atoms with E-state index in [-0.39, 0.29) is 0 Å². The molecule has 0 bridgehead atoms. The summed E-state index contributed by atoms with van der Waals surface area (Å²) in [6, 6.07) is 17.8. The molecule has 12 nitrogen and oxygen atoms in total. The number of nitrogens with zero attached hydrogens (tertiary/aromatic N) is 3. The molecule has 1 aliphatic carbocycles. The number of methoxy groups -OCH3 is 1. The highest BCUT2D eigenvalue weighted by Crippen LogP contribution is 2.48. The topological polar surface area (TPSA) is 136 Å². The Hall–Kier alpha value is -5.53. The van der Waals surface area contributed by atoms with Gasteiger partial charge in [0, 0.05) is 61.1 Å². The van der Waals surface area contributed by atoms with Gasteiger partial charge in [-0.15, -0.1) is 0 Å². The Labute approximate surface area is 288 Å². The molecule has 50 heavy (non-hydrogen) atoms. The van der Waals surface area contributed by atoms with Crippen LogP contribution in [0, 0.1) is 11.2 Å². The first-order chi connectivity index (χ1) is 24.4. The number of carbonyl (C=O) groups excluding carboxylic acids is 2. The number of hydrogen-bond donors (Lipinski definition) is 3. The van der Waals surface area contributed by atoms with Crippen LogP contribution in [0.1, 0.15) is 24.8 Å². The zero-order chi connectivity index (χ0) is 34.5. The Morgan fingerprint density at radius 1 is 0.940 bits per heavy atom. The number of pyridine rings is 1. The third-order valence-corrected chi connectivity index (χ3v) is 8.85. The normalized spacial score (nSPS) is 15.8. The molecule has 13 heteroatoms. The predicted molar refractivity (Wildman–Crippen MR) is 187 cm³/mol.